The largest absolute Gasteiger partial charge is 0.316 e. The first-order valence-corrected chi connectivity index (χ1v) is 4.00. The Morgan fingerprint density at radius 3 is 2.91 bits per heavy atom. The third kappa shape index (κ3) is 2.09. The molecule has 0 aliphatic rings. The summed E-state index contributed by atoms with van der Waals surface area (Å²) in [5.41, 5.74) is 0.904. The van der Waals surface area contributed by atoms with Crippen molar-refractivity contribution in [3.63, 3.8) is 0 Å². The molecule has 1 aromatic rings. The van der Waals surface area contributed by atoms with Crippen molar-refractivity contribution in [1.29, 1.82) is 0 Å². The molecule has 0 spiro atoms. The van der Waals surface area contributed by atoms with Gasteiger partial charge in [0, 0.05) is 6.54 Å². The molecule has 1 nitrogen and oxygen atoms in total. The van der Waals surface area contributed by atoms with E-state index in [0.29, 0.717) is 16.6 Å². The molecule has 0 atom stereocenters. The standard InChI is InChI=1S/C8H8Cl2N/c1-11-5-6-3-2-4-7(9)8(6)10/h2,4,11H,5H2,1H3. The van der Waals surface area contributed by atoms with Gasteiger partial charge in [0.25, 0.3) is 0 Å². The van der Waals surface area contributed by atoms with E-state index in [2.05, 4.69) is 11.4 Å². The van der Waals surface area contributed by atoms with Gasteiger partial charge in [0.05, 0.1) is 10.0 Å². The highest BCUT2D eigenvalue weighted by atomic mass is 35.5. The SMILES string of the molecule is CNCc1[c]ccc(Cl)c1Cl. The van der Waals surface area contributed by atoms with Gasteiger partial charge in [-0.05, 0) is 24.7 Å². The third-order valence-electron chi connectivity index (χ3n) is 1.32. The van der Waals surface area contributed by atoms with Crippen LogP contribution in [-0.4, -0.2) is 7.05 Å². The molecule has 0 unspecified atom stereocenters. The Morgan fingerprint density at radius 2 is 2.27 bits per heavy atom. The topological polar surface area (TPSA) is 12.0 Å². The van der Waals surface area contributed by atoms with Gasteiger partial charge in [0.2, 0.25) is 0 Å². The molecule has 11 heavy (non-hydrogen) atoms. The second-order valence-electron chi connectivity index (χ2n) is 2.15. The lowest BCUT2D eigenvalue weighted by molar-refractivity contribution is 0.817. The van der Waals surface area contributed by atoms with Gasteiger partial charge in [0.15, 0.2) is 0 Å². The molecule has 0 amide bonds. The highest BCUT2D eigenvalue weighted by Crippen LogP contribution is 2.24. The first-order chi connectivity index (χ1) is 5.25. The quantitative estimate of drug-likeness (QED) is 0.753. The Morgan fingerprint density at radius 1 is 1.55 bits per heavy atom. The second kappa shape index (κ2) is 3.96. The van der Waals surface area contributed by atoms with Gasteiger partial charge in [-0.3, -0.25) is 0 Å². The lowest BCUT2D eigenvalue weighted by Crippen LogP contribution is -2.05. The molecule has 1 radical (unpaired) electrons. The summed E-state index contributed by atoms with van der Waals surface area (Å²) in [4.78, 5) is 0. The fraction of sp³-hybridized carbons (Fsp3) is 0.250. The molecule has 1 N–H and O–H groups in total. The summed E-state index contributed by atoms with van der Waals surface area (Å²) in [5.74, 6) is 0. The highest BCUT2D eigenvalue weighted by Gasteiger charge is 2.01. The third-order valence-corrected chi connectivity index (χ3v) is 2.16. The number of nitrogens with one attached hydrogen (secondary N) is 1. The molecule has 59 valence electrons. The van der Waals surface area contributed by atoms with E-state index in [-0.39, 0.29) is 0 Å². The van der Waals surface area contributed by atoms with Crippen LogP contribution in [0.5, 0.6) is 0 Å². The van der Waals surface area contributed by atoms with Gasteiger partial charge >= 0.3 is 0 Å². The molecule has 0 fully saturated rings. The van der Waals surface area contributed by atoms with Gasteiger partial charge in [-0.25, -0.2) is 0 Å². The average molecular weight is 189 g/mol. The molecule has 0 bridgehead atoms. The number of hydrogen-bond donors (Lipinski definition) is 1. The molecule has 1 rings (SSSR count). The van der Waals surface area contributed by atoms with Crippen LogP contribution in [0.4, 0.5) is 0 Å². The molecular formula is C8H8Cl2N. The van der Waals surface area contributed by atoms with Crippen molar-refractivity contribution in [1.82, 2.24) is 5.32 Å². The zero-order chi connectivity index (χ0) is 8.27. The minimum Gasteiger partial charge on any atom is -0.316 e. The maximum Gasteiger partial charge on any atom is 0.0643 e. The zero-order valence-electron chi connectivity index (χ0n) is 6.12. The number of hydrogen-bond acceptors (Lipinski definition) is 1. The Balaban J connectivity index is 2.96. The van der Waals surface area contributed by atoms with Gasteiger partial charge in [-0.15, -0.1) is 0 Å². The molecule has 1 aromatic carbocycles. The molecule has 0 saturated heterocycles. The van der Waals surface area contributed by atoms with Crippen LogP contribution in [0.1, 0.15) is 5.56 Å². The molecule has 3 heteroatoms. The molecule has 0 heterocycles. The molecular weight excluding hydrogens is 181 g/mol. The fourth-order valence-electron chi connectivity index (χ4n) is 0.802. The maximum atomic E-state index is 5.87. The van der Waals surface area contributed by atoms with Crippen LogP contribution in [0.25, 0.3) is 0 Å². The summed E-state index contributed by atoms with van der Waals surface area (Å²) in [6.45, 7) is 0.694. The smallest absolute Gasteiger partial charge is 0.0643 e. The summed E-state index contributed by atoms with van der Waals surface area (Å²) in [6.07, 6.45) is 0. The normalized spacial score (nSPS) is 10.1. The molecule has 0 aliphatic heterocycles. The number of halogens is 2. The Labute approximate surface area is 76.3 Å². The van der Waals surface area contributed by atoms with Crippen molar-refractivity contribution in [3.8, 4) is 0 Å². The lowest BCUT2D eigenvalue weighted by atomic mass is 10.2. The summed E-state index contributed by atoms with van der Waals surface area (Å²) in [6, 6.07) is 6.49. The Hall–Kier alpha value is -0.240. The summed E-state index contributed by atoms with van der Waals surface area (Å²) < 4.78 is 0. The van der Waals surface area contributed by atoms with Crippen molar-refractivity contribution < 1.29 is 0 Å². The zero-order valence-corrected chi connectivity index (χ0v) is 7.63. The molecule has 0 saturated carbocycles. The minimum absolute atomic E-state index is 0.579. The van der Waals surface area contributed by atoms with E-state index in [1.165, 1.54) is 0 Å². The van der Waals surface area contributed by atoms with E-state index in [0.717, 1.165) is 5.56 Å². The van der Waals surface area contributed by atoms with Crippen molar-refractivity contribution in [2.75, 3.05) is 7.05 Å². The number of benzene rings is 1. The van der Waals surface area contributed by atoms with Crippen LogP contribution in [-0.2, 0) is 6.54 Å². The predicted octanol–water partition coefficient (Wildman–Crippen LogP) is 2.51. The van der Waals surface area contributed by atoms with Crippen molar-refractivity contribution >= 4 is 23.2 Å². The fourth-order valence-corrected chi connectivity index (χ4v) is 1.16. The highest BCUT2D eigenvalue weighted by molar-refractivity contribution is 6.42. The Bertz CT molecular complexity index is 248. The van der Waals surface area contributed by atoms with Crippen molar-refractivity contribution in [2.24, 2.45) is 0 Å². The van der Waals surface area contributed by atoms with Crippen LogP contribution in [0.15, 0.2) is 12.1 Å². The first kappa shape index (κ1) is 8.85. The van der Waals surface area contributed by atoms with Gasteiger partial charge in [-0.2, -0.15) is 0 Å². The monoisotopic (exact) mass is 188 g/mol. The summed E-state index contributed by atoms with van der Waals surface area (Å²) in [5, 5.41) is 4.14. The van der Waals surface area contributed by atoms with E-state index < -0.39 is 0 Å². The van der Waals surface area contributed by atoms with E-state index in [1.807, 2.05) is 7.05 Å². The lowest BCUT2D eigenvalue weighted by Gasteiger charge is -2.02. The first-order valence-electron chi connectivity index (χ1n) is 3.25. The van der Waals surface area contributed by atoms with E-state index >= 15 is 0 Å². The molecule has 0 aliphatic carbocycles. The van der Waals surface area contributed by atoms with Crippen LogP contribution >= 0.6 is 23.2 Å². The van der Waals surface area contributed by atoms with Crippen LogP contribution in [0.2, 0.25) is 10.0 Å². The number of rotatable bonds is 2. The summed E-state index contributed by atoms with van der Waals surface area (Å²) >= 11 is 11.6. The second-order valence-corrected chi connectivity index (χ2v) is 2.93. The van der Waals surface area contributed by atoms with Gasteiger partial charge in [-0.1, -0.05) is 29.3 Å². The predicted molar refractivity (Wildman–Crippen MR) is 48.1 cm³/mol. The average Bonchev–Trinajstić information content (AvgIpc) is 1.99. The maximum absolute atomic E-state index is 5.87. The van der Waals surface area contributed by atoms with Gasteiger partial charge < -0.3 is 5.32 Å². The molecule has 0 aromatic heterocycles. The minimum atomic E-state index is 0.579. The van der Waals surface area contributed by atoms with Crippen LogP contribution in [0, 0.1) is 6.07 Å². The van der Waals surface area contributed by atoms with E-state index in [4.69, 9.17) is 23.2 Å². The Kier molecular flexibility index (Phi) is 3.18. The van der Waals surface area contributed by atoms with Crippen molar-refractivity contribution in [3.05, 3.63) is 33.8 Å². The van der Waals surface area contributed by atoms with E-state index in [9.17, 15) is 0 Å². The van der Waals surface area contributed by atoms with Crippen LogP contribution in [0.3, 0.4) is 0 Å². The van der Waals surface area contributed by atoms with Crippen LogP contribution < -0.4 is 5.32 Å². The van der Waals surface area contributed by atoms with Crippen molar-refractivity contribution in [2.45, 2.75) is 6.54 Å². The summed E-state index contributed by atoms with van der Waals surface area (Å²) in [7, 11) is 1.85. The van der Waals surface area contributed by atoms with E-state index in [1.54, 1.807) is 12.1 Å². The van der Waals surface area contributed by atoms with Gasteiger partial charge in [0.1, 0.15) is 0 Å².